The first-order chi connectivity index (χ1) is 15.6. The Labute approximate surface area is 188 Å². The van der Waals surface area contributed by atoms with Crippen molar-refractivity contribution in [3.8, 4) is 0 Å². The fraction of sp³-hybridized carbons (Fsp3) is 0.625. The van der Waals surface area contributed by atoms with Gasteiger partial charge in [-0.3, -0.25) is 19.6 Å². The first-order valence-corrected chi connectivity index (χ1v) is 12.1. The van der Waals surface area contributed by atoms with Gasteiger partial charge in [-0.2, -0.15) is 5.10 Å². The monoisotopic (exact) mass is 436 g/mol. The lowest BCUT2D eigenvalue weighted by Gasteiger charge is -2.35. The molecule has 8 heteroatoms. The normalized spacial score (nSPS) is 22.2. The van der Waals surface area contributed by atoms with E-state index in [0.717, 1.165) is 55.3 Å². The summed E-state index contributed by atoms with van der Waals surface area (Å²) in [5.74, 6) is 2.39. The molecule has 2 amide bonds. The number of likely N-dealkylation sites (tertiary alicyclic amines) is 1. The van der Waals surface area contributed by atoms with Crippen LogP contribution in [0.3, 0.4) is 0 Å². The fourth-order valence-corrected chi connectivity index (χ4v) is 5.52. The molecular weight excluding hydrogens is 404 g/mol. The van der Waals surface area contributed by atoms with Crippen molar-refractivity contribution < 1.29 is 9.59 Å². The van der Waals surface area contributed by atoms with E-state index in [1.165, 1.54) is 32.1 Å². The number of nitrogens with one attached hydrogen (secondary N) is 1. The summed E-state index contributed by atoms with van der Waals surface area (Å²) in [6.45, 7) is 4.13. The number of rotatable bonds is 4. The van der Waals surface area contributed by atoms with Gasteiger partial charge in [0.25, 0.3) is 5.91 Å². The quantitative estimate of drug-likeness (QED) is 0.793. The number of fused-ring (bicyclic) bond motifs is 1. The molecule has 0 spiro atoms. The molecule has 2 aromatic rings. The summed E-state index contributed by atoms with van der Waals surface area (Å²) < 4.78 is 0. The summed E-state index contributed by atoms with van der Waals surface area (Å²) in [5.41, 5.74) is 2.60. The van der Waals surface area contributed by atoms with Gasteiger partial charge in [0.05, 0.1) is 0 Å². The second kappa shape index (κ2) is 9.00. The third kappa shape index (κ3) is 4.14. The molecule has 2 fully saturated rings. The minimum atomic E-state index is -0.0315. The predicted molar refractivity (Wildman–Crippen MR) is 120 cm³/mol. The van der Waals surface area contributed by atoms with Gasteiger partial charge in [0, 0.05) is 49.4 Å². The van der Waals surface area contributed by atoms with Gasteiger partial charge in [-0.15, -0.1) is 0 Å². The van der Waals surface area contributed by atoms with Crippen LogP contribution in [0.5, 0.6) is 0 Å². The van der Waals surface area contributed by atoms with Crippen LogP contribution in [-0.2, 0) is 11.2 Å². The summed E-state index contributed by atoms with van der Waals surface area (Å²) >= 11 is 0. The second-order valence-corrected chi connectivity index (χ2v) is 9.54. The number of hydrogen-bond donors (Lipinski definition) is 1. The van der Waals surface area contributed by atoms with Crippen LogP contribution >= 0.6 is 0 Å². The van der Waals surface area contributed by atoms with Crippen molar-refractivity contribution in [3.63, 3.8) is 0 Å². The molecule has 170 valence electrons. The lowest BCUT2D eigenvalue weighted by Crippen LogP contribution is -2.42. The van der Waals surface area contributed by atoms with Gasteiger partial charge < -0.3 is 4.90 Å². The average Bonchev–Trinajstić information content (AvgIpc) is 3.36. The van der Waals surface area contributed by atoms with Crippen molar-refractivity contribution in [2.75, 3.05) is 24.5 Å². The Hall–Kier alpha value is -2.77. The molecule has 1 saturated carbocycles. The van der Waals surface area contributed by atoms with Crippen molar-refractivity contribution in [2.24, 2.45) is 5.92 Å². The number of piperidine rings is 1. The molecule has 8 nitrogen and oxygen atoms in total. The minimum absolute atomic E-state index is 0.0315. The van der Waals surface area contributed by atoms with Crippen LogP contribution in [0, 0.1) is 12.8 Å². The molecule has 2 aliphatic heterocycles. The lowest BCUT2D eigenvalue weighted by atomic mass is 9.88. The third-order valence-corrected chi connectivity index (χ3v) is 7.33. The van der Waals surface area contributed by atoms with E-state index in [4.69, 9.17) is 9.97 Å². The van der Waals surface area contributed by atoms with Crippen LogP contribution in [0.4, 0.5) is 5.82 Å². The Balaban J connectivity index is 1.40. The van der Waals surface area contributed by atoms with E-state index in [-0.39, 0.29) is 17.7 Å². The Bertz CT molecular complexity index is 983. The third-order valence-electron chi connectivity index (χ3n) is 7.33. The Kier molecular flexibility index (Phi) is 5.93. The average molecular weight is 437 g/mol. The molecule has 0 bridgehead atoms. The van der Waals surface area contributed by atoms with E-state index in [1.54, 1.807) is 12.3 Å². The largest absolute Gasteiger partial charge is 0.337 e. The highest BCUT2D eigenvalue weighted by Gasteiger charge is 2.33. The Morgan fingerprint density at radius 3 is 2.75 bits per heavy atom. The Morgan fingerprint density at radius 2 is 1.97 bits per heavy atom. The molecule has 4 heterocycles. The van der Waals surface area contributed by atoms with Crippen molar-refractivity contribution in [1.29, 1.82) is 0 Å². The van der Waals surface area contributed by atoms with Crippen molar-refractivity contribution >= 4 is 17.6 Å². The highest BCUT2D eigenvalue weighted by atomic mass is 16.2. The summed E-state index contributed by atoms with van der Waals surface area (Å²) in [5, 5.41) is 6.68. The van der Waals surface area contributed by atoms with E-state index >= 15 is 0 Å². The molecule has 1 atom stereocenters. The van der Waals surface area contributed by atoms with Gasteiger partial charge in [0.1, 0.15) is 17.3 Å². The highest BCUT2D eigenvalue weighted by Crippen LogP contribution is 2.34. The molecule has 32 heavy (non-hydrogen) atoms. The first kappa shape index (κ1) is 21.1. The van der Waals surface area contributed by atoms with E-state index in [9.17, 15) is 9.59 Å². The number of aromatic amines is 1. The summed E-state index contributed by atoms with van der Waals surface area (Å²) in [4.78, 5) is 39.4. The van der Waals surface area contributed by atoms with E-state index < -0.39 is 0 Å². The summed E-state index contributed by atoms with van der Waals surface area (Å²) in [6, 6.07) is 1.71. The molecule has 1 aliphatic carbocycles. The first-order valence-electron chi connectivity index (χ1n) is 12.1. The molecule has 0 radical (unpaired) electrons. The lowest BCUT2D eigenvalue weighted by molar-refractivity contribution is -0.119. The molecule has 1 saturated heterocycles. The molecular formula is C24H32N6O2. The van der Waals surface area contributed by atoms with E-state index in [1.807, 2.05) is 16.7 Å². The summed E-state index contributed by atoms with van der Waals surface area (Å²) in [6.07, 6.45) is 10.9. The second-order valence-electron chi connectivity index (χ2n) is 9.54. The predicted octanol–water partition coefficient (Wildman–Crippen LogP) is 3.39. The Morgan fingerprint density at radius 1 is 1.12 bits per heavy atom. The van der Waals surface area contributed by atoms with Crippen molar-refractivity contribution in [3.05, 3.63) is 35.0 Å². The zero-order chi connectivity index (χ0) is 22.1. The van der Waals surface area contributed by atoms with Crippen LogP contribution in [0.25, 0.3) is 0 Å². The van der Waals surface area contributed by atoms with Crippen LogP contribution in [0.15, 0.2) is 12.3 Å². The number of carbonyl (C=O) groups is 2. The van der Waals surface area contributed by atoms with Crippen LogP contribution in [0.1, 0.15) is 84.9 Å². The van der Waals surface area contributed by atoms with Gasteiger partial charge in [-0.1, -0.05) is 19.3 Å². The maximum atomic E-state index is 12.9. The van der Waals surface area contributed by atoms with Crippen molar-refractivity contribution in [1.82, 2.24) is 25.1 Å². The maximum Gasteiger partial charge on any atom is 0.271 e. The number of carbonyl (C=O) groups excluding carboxylic acids is 2. The number of nitrogens with zero attached hydrogens (tertiary/aromatic N) is 5. The number of H-pyrrole nitrogens is 1. The molecule has 0 aromatic carbocycles. The molecule has 2 aromatic heterocycles. The topological polar surface area (TPSA) is 95.1 Å². The number of amides is 2. The minimum Gasteiger partial charge on any atom is -0.337 e. The van der Waals surface area contributed by atoms with Gasteiger partial charge >= 0.3 is 0 Å². The molecule has 0 unspecified atom stereocenters. The zero-order valence-corrected chi connectivity index (χ0v) is 18.8. The van der Waals surface area contributed by atoms with Gasteiger partial charge in [0.15, 0.2) is 0 Å². The maximum absolute atomic E-state index is 12.9. The van der Waals surface area contributed by atoms with Crippen LogP contribution in [-0.4, -0.2) is 56.5 Å². The van der Waals surface area contributed by atoms with Crippen LogP contribution in [0.2, 0.25) is 0 Å². The van der Waals surface area contributed by atoms with Crippen LogP contribution < -0.4 is 4.90 Å². The van der Waals surface area contributed by atoms with E-state index in [2.05, 4.69) is 10.2 Å². The molecule has 5 rings (SSSR count). The van der Waals surface area contributed by atoms with Gasteiger partial charge in [0.2, 0.25) is 5.91 Å². The van der Waals surface area contributed by atoms with E-state index in [0.29, 0.717) is 24.6 Å². The van der Waals surface area contributed by atoms with Gasteiger partial charge in [-0.05, 0) is 51.0 Å². The fourth-order valence-electron chi connectivity index (χ4n) is 5.52. The molecule has 3 aliphatic rings. The zero-order valence-electron chi connectivity index (χ0n) is 18.8. The number of hydrogen-bond acceptors (Lipinski definition) is 5. The van der Waals surface area contributed by atoms with Gasteiger partial charge in [-0.25, -0.2) is 9.97 Å². The number of aromatic nitrogens is 4. The molecule has 1 N–H and O–H groups in total. The summed E-state index contributed by atoms with van der Waals surface area (Å²) in [7, 11) is 0. The van der Waals surface area contributed by atoms with Crippen molar-refractivity contribution in [2.45, 2.75) is 70.6 Å². The standard InChI is InChI=1S/C24H32N6O2/c1-16-19-9-10-21(31)30(14-17-6-3-2-4-7-17)23(19)27-22(26-16)18-8-5-13-29(15-18)24(32)20-11-12-25-28-20/h11-12,17-18H,2-10,13-15H2,1H3,(H,25,28)/t18-/m1/s1. The smallest absolute Gasteiger partial charge is 0.271 e. The number of aryl methyl sites for hydroxylation is 1. The highest BCUT2D eigenvalue weighted by molar-refractivity contribution is 5.95. The number of anilines is 1. The SMILES string of the molecule is Cc1nc([C@@H]2CCCN(C(=O)c3ccn[nH]3)C2)nc2c1CCC(=O)N2CC1CCCCC1.